The Morgan fingerprint density at radius 3 is 2.53 bits per heavy atom. The van der Waals surface area contributed by atoms with Crippen molar-refractivity contribution in [2.75, 3.05) is 17.6 Å². The molecule has 3 rings (SSSR count). The summed E-state index contributed by atoms with van der Waals surface area (Å²) < 4.78 is 23.1. The minimum absolute atomic E-state index is 0.0825. The number of anilines is 2. The summed E-state index contributed by atoms with van der Waals surface area (Å²) in [7, 11) is -3.75. The van der Waals surface area contributed by atoms with Gasteiger partial charge in [-0.1, -0.05) is 0 Å². The topological polar surface area (TPSA) is 98.2 Å². The molecular weight excluding hydrogens is 262 g/mol. The number of nitrogen functional groups attached to an aromatic ring is 1. The number of nitrogens with one attached hydrogen (secondary N) is 1. The van der Waals surface area contributed by atoms with Crippen LogP contribution in [0.2, 0.25) is 0 Å². The second-order valence-corrected chi connectivity index (χ2v) is 7.32. The molecule has 0 unspecified atom stereocenters. The molecule has 5 N–H and O–H groups in total. The van der Waals surface area contributed by atoms with Gasteiger partial charge in [0.15, 0.2) is 0 Å². The molecule has 19 heavy (non-hydrogen) atoms. The Morgan fingerprint density at radius 1 is 1.32 bits per heavy atom. The zero-order chi connectivity index (χ0) is 13.7. The van der Waals surface area contributed by atoms with E-state index in [0.717, 1.165) is 12.5 Å². The molecule has 0 bridgehead atoms. The lowest BCUT2D eigenvalue weighted by Crippen LogP contribution is -2.20. The van der Waals surface area contributed by atoms with Crippen LogP contribution in [0.25, 0.3) is 0 Å². The molecule has 0 saturated heterocycles. The molecule has 104 valence electrons. The van der Waals surface area contributed by atoms with Gasteiger partial charge in [-0.3, -0.25) is 0 Å². The van der Waals surface area contributed by atoms with Crippen LogP contribution in [0.1, 0.15) is 25.7 Å². The third-order valence-corrected chi connectivity index (χ3v) is 5.23. The zero-order valence-electron chi connectivity index (χ0n) is 10.7. The van der Waals surface area contributed by atoms with Crippen molar-refractivity contribution < 1.29 is 8.42 Å². The molecule has 1 aromatic rings. The highest BCUT2D eigenvalue weighted by Gasteiger charge is 2.53. The van der Waals surface area contributed by atoms with E-state index in [0.29, 0.717) is 16.8 Å². The van der Waals surface area contributed by atoms with E-state index in [2.05, 4.69) is 5.32 Å². The summed E-state index contributed by atoms with van der Waals surface area (Å²) in [4.78, 5) is 0.0825. The molecule has 2 saturated carbocycles. The molecule has 0 atom stereocenters. The monoisotopic (exact) mass is 281 g/mol. The molecule has 0 heterocycles. The van der Waals surface area contributed by atoms with Crippen LogP contribution in [0.3, 0.4) is 0 Å². The highest BCUT2D eigenvalue weighted by molar-refractivity contribution is 7.89. The van der Waals surface area contributed by atoms with Crippen LogP contribution in [-0.4, -0.2) is 15.0 Å². The SMILES string of the molecule is Nc1ccc(NCC2(C3CC3)CC2)c(S(N)(=O)=O)c1. The van der Waals surface area contributed by atoms with Gasteiger partial charge < -0.3 is 11.1 Å². The van der Waals surface area contributed by atoms with Crippen molar-refractivity contribution in [2.24, 2.45) is 16.5 Å². The normalized spacial score (nSPS) is 21.1. The first-order valence-electron chi connectivity index (χ1n) is 6.57. The van der Waals surface area contributed by atoms with Crippen molar-refractivity contribution in [3.63, 3.8) is 0 Å². The second kappa shape index (κ2) is 4.11. The molecule has 1 aromatic carbocycles. The Kier molecular flexibility index (Phi) is 2.76. The first-order valence-corrected chi connectivity index (χ1v) is 8.12. The summed E-state index contributed by atoms with van der Waals surface area (Å²) in [5.74, 6) is 0.826. The maximum Gasteiger partial charge on any atom is 0.240 e. The molecule has 0 aromatic heterocycles. The number of hydrogen-bond donors (Lipinski definition) is 3. The summed E-state index contributed by atoms with van der Waals surface area (Å²) in [6, 6.07) is 4.79. The van der Waals surface area contributed by atoms with Crippen molar-refractivity contribution in [1.82, 2.24) is 0 Å². The minimum atomic E-state index is -3.75. The Bertz CT molecular complexity index is 604. The van der Waals surface area contributed by atoms with E-state index >= 15 is 0 Å². The second-order valence-electron chi connectivity index (χ2n) is 5.79. The predicted octanol–water partition coefficient (Wildman–Crippen LogP) is 1.52. The van der Waals surface area contributed by atoms with E-state index in [1.165, 1.54) is 31.7 Å². The van der Waals surface area contributed by atoms with Crippen LogP contribution < -0.4 is 16.2 Å². The smallest absolute Gasteiger partial charge is 0.240 e. The lowest BCUT2D eigenvalue weighted by atomic mass is 10.0. The lowest BCUT2D eigenvalue weighted by Gasteiger charge is -2.17. The molecule has 5 nitrogen and oxygen atoms in total. The van der Waals surface area contributed by atoms with Gasteiger partial charge in [0.2, 0.25) is 10.0 Å². The molecule has 6 heteroatoms. The van der Waals surface area contributed by atoms with E-state index in [1.54, 1.807) is 12.1 Å². The third kappa shape index (κ3) is 2.55. The quantitative estimate of drug-likeness (QED) is 0.713. The van der Waals surface area contributed by atoms with Gasteiger partial charge in [0.1, 0.15) is 4.90 Å². The Balaban J connectivity index is 1.80. The van der Waals surface area contributed by atoms with Gasteiger partial charge in [0.25, 0.3) is 0 Å². The lowest BCUT2D eigenvalue weighted by molar-refractivity contribution is 0.466. The molecule has 2 fully saturated rings. The van der Waals surface area contributed by atoms with Crippen LogP contribution in [0.5, 0.6) is 0 Å². The Hall–Kier alpha value is -1.27. The van der Waals surface area contributed by atoms with Gasteiger partial charge in [-0.25, -0.2) is 13.6 Å². The molecular formula is C13H19N3O2S. The Labute approximate surface area is 113 Å². The molecule has 2 aliphatic carbocycles. The van der Waals surface area contributed by atoms with Crippen molar-refractivity contribution >= 4 is 21.4 Å². The maximum atomic E-state index is 11.6. The fourth-order valence-corrected chi connectivity index (χ4v) is 3.52. The number of benzene rings is 1. The van der Waals surface area contributed by atoms with Gasteiger partial charge in [-0.2, -0.15) is 0 Å². The average molecular weight is 281 g/mol. The molecule has 0 spiro atoms. The molecule has 0 amide bonds. The van der Waals surface area contributed by atoms with Gasteiger partial charge in [-0.05, 0) is 55.2 Å². The van der Waals surface area contributed by atoms with E-state index in [4.69, 9.17) is 10.9 Å². The summed E-state index contributed by atoms with van der Waals surface area (Å²) in [6.45, 7) is 0.824. The molecule has 2 aliphatic rings. The minimum Gasteiger partial charge on any atom is -0.399 e. The number of hydrogen-bond acceptors (Lipinski definition) is 4. The molecule has 0 radical (unpaired) electrons. The van der Waals surface area contributed by atoms with Crippen molar-refractivity contribution in [1.29, 1.82) is 0 Å². The first-order chi connectivity index (χ1) is 8.91. The van der Waals surface area contributed by atoms with Crippen molar-refractivity contribution in [3.8, 4) is 0 Å². The zero-order valence-corrected chi connectivity index (χ0v) is 11.5. The van der Waals surface area contributed by atoms with E-state index in [9.17, 15) is 8.42 Å². The van der Waals surface area contributed by atoms with Gasteiger partial charge in [-0.15, -0.1) is 0 Å². The summed E-state index contributed by atoms with van der Waals surface area (Å²) in [5.41, 5.74) is 6.99. The van der Waals surface area contributed by atoms with Crippen molar-refractivity contribution in [2.45, 2.75) is 30.6 Å². The van der Waals surface area contributed by atoms with Crippen LogP contribution in [0.15, 0.2) is 23.1 Å². The maximum absolute atomic E-state index is 11.6. The van der Waals surface area contributed by atoms with E-state index in [-0.39, 0.29) is 4.90 Å². The first kappa shape index (κ1) is 12.7. The highest BCUT2D eigenvalue weighted by Crippen LogP contribution is 2.61. The highest BCUT2D eigenvalue weighted by atomic mass is 32.2. The summed E-state index contributed by atoms with van der Waals surface area (Å²) in [6.07, 6.45) is 5.10. The van der Waals surface area contributed by atoms with Gasteiger partial charge in [0.05, 0.1) is 5.69 Å². The fourth-order valence-electron chi connectivity index (χ4n) is 2.78. The average Bonchev–Trinajstić information content (AvgIpc) is 3.19. The van der Waals surface area contributed by atoms with E-state index in [1.807, 2.05) is 0 Å². The van der Waals surface area contributed by atoms with Crippen LogP contribution >= 0.6 is 0 Å². The standard InChI is InChI=1S/C13H19N3O2S/c14-10-3-4-11(12(7-10)19(15,17)18)16-8-13(5-6-13)9-1-2-9/h3-4,7,9,16H,1-2,5-6,8,14H2,(H2,15,17,18). The fraction of sp³-hybridized carbons (Fsp3) is 0.538. The van der Waals surface area contributed by atoms with Crippen LogP contribution in [-0.2, 0) is 10.0 Å². The molecule has 0 aliphatic heterocycles. The summed E-state index contributed by atoms with van der Waals surface area (Å²) >= 11 is 0. The summed E-state index contributed by atoms with van der Waals surface area (Å²) in [5, 5.41) is 8.49. The Morgan fingerprint density at radius 2 is 2.00 bits per heavy atom. The van der Waals surface area contributed by atoms with E-state index < -0.39 is 10.0 Å². The van der Waals surface area contributed by atoms with Crippen molar-refractivity contribution in [3.05, 3.63) is 18.2 Å². The third-order valence-electron chi connectivity index (χ3n) is 4.28. The van der Waals surface area contributed by atoms with Gasteiger partial charge in [0, 0.05) is 12.2 Å². The number of primary sulfonamides is 1. The van der Waals surface area contributed by atoms with Crippen LogP contribution in [0.4, 0.5) is 11.4 Å². The van der Waals surface area contributed by atoms with Crippen LogP contribution in [0, 0.1) is 11.3 Å². The van der Waals surface area contributed by atoms with Gasteiger partial charge >= 0.3 is 0 Å². The predicted molar refractivity (Wildman–Crippen MR) is 75.1 cm³/mol. The largest absolute Gasteiger partial charge is 0.399 e. The number of sulfonamides is 1. The number of rotatable bonds is 5. The number of nitrogens with two attached hydrogens (primary N) is 2.